The topological polar surface area (TPSA) is 113 Å². The van der Waals surface area contributed by atoms with Crippen LogP contribution in [0.25, 0.3) is 5.76 Å². The van der Waals surface area contributed by atoms with Crippen molar-refractivity contribution in [2.45, 2.75) is 19.4 Å². The molecule has 35 heavy (non-hydrogen) atoms. The highest BCUT2D eigenvalue weighted by Gasteiger charge is 2.46. The van der Waals surface area contributed by atoms with Crippen LogP contribution in [-0.2, 0) is 14.3 Å². The van der Waals surface area contributed by atoms with E-state index in [4.69, 9.17) is 4.74 Å². The Labute approximate surface area is 201 Å². The molecule has 0 aromatic heterocycles. The van der Waals surface area contributed by atoms with E-state index in [0.717, 1.165) is 19.2 Å². The van der Waals surface area contributed by atoms with Crippen molar-refractivity contribution in [3.05, 3.63) is 80.7 Å². The average molecular weight is 483 g/mol. The fourth-order valence-electron chi connectivity index (χ4n) is 4.45. The zero-order chi connectivity index (χ0) is 25.1. The highest BCUT2D eigenvalue weighted by Crippen LogP contribution is 2.40. The van der Waals surface area contributed by atoms with Crippen molar-refractivity contribution < 1.29 is 28.7 Å². The summed E-state index contributed by atoms with van der Waals surface area (Å²) in [5, 5.41) is 22.4. The summed E-state index contributed by atoms with van der Waals surface area (Å²) >= 11 is 0. The molecule has 1 unspecified atom stereocenters. The number of non-ortho nitro benzene ring substituents is 1. The first-order valence-electron chi connectivity index (χ1n) is 11.4. The highest BCUT2D eigenvalue weighted by molar-refractivity contribution is 6.46. The second-order valence-electron chi connectivity index (χ2n) is 8.62. The predicted octanol–water partition coefficient (Wildman–Crippen LogP) is 3.19. The van der Waals surface area contributed by atoms with E-state index in [1.165, 1.54) is 35.2 Å². The monoisotopic (exact) mass is 483 g/mol. The van der Waals surface area contributed by atoms with Crippen LogP contribution < -0.4 is 0 Å². The van der Waals surface area contributed by atoms with Crippen LogP contribution in [0.4, 0.5) is 10.1 Å². The van der Waals surface area contributed by atoms with Crippen LogP contribution in [0, 0.1) is 22.9 Å². The number of carbonyl (C=O) groups excluding carboxylic acids is 2. The zero-order valence-electron chi connectivity index (χ0n) is 19.3. The molecule has 2 aliphatic heterocycles. The molecule has 0 bridgehead atoms. The standard InChI is InChI=1S/C25H26FN3O6/c1-16-6-7-18(15-20(16)26)23(30)21-22(17-4-2-5-19(14-17)29(33)34)28(25(32)24(21)31)9-3-8-27-10-12-35-13-11-27/h2,4-7,14-15,22,30H,3,8-13H2,1H3/b23-21-. The number of likely N-dealkylation sites (tertiary alicyclic amines) is 1. The number of aliphatic hydroxyl groups excluding tert-OH is 1. The molecule has 2 saturated heterocycles. The van der Waals surface area contributed by atoms with Gasteiger partial charge in [-0.15, -0.1) is 0 Å². The van der Waals surface area contributed by atoms with E-state index in [-0.39, 0.29) is 23.4 Å². The number of nitrogens with zero attached hydrogens (tertiary/aromatic N) is 3. The van der Waals surface area contributed by atoms with Gasteiger partial charge in [0.25, 0.3) is 17.4 Å². The first-order chi connectivity index (χ1) is 16.8. The molecule has 1 N–H and O–H groups in total. The van der Waals surface area contributed by atoms with Gasteiger partial charge in [0.2, 0.25) is 0 Å². The van der Waals surface area contributed by atoms with E-state index in [9.17, 15) is 29.2 Å². The van der Waals surface area contributed by atoms with Gasteiger partial charge in [-0.05, 0) is 30.5 Å². The number of rotatable bonds is 7. The lowest BCUT2D eigenvalue weighted by Crippen LogP contribution is -2.39. The third-order valence-corrected chi connectivity index (χ3v) is 6.36. The molecule has 2 aromatic carbocycles. The van der Waals surface area contributed by atoms with Gasteiger partial charge in [0.1, 0.15) is 11.6 Å². The van der Waals surface area contributed by atoms with Gasteiger partial charge < -0.3 is 14.7 Å². The first-order valence-corrected chi connectivity index (χ1v) is 11.4. The maximum absolute atomic E-state index is 14.2. The Morgan fingerprint density at radius 2 is 1.91 bits per heavy atom. The van der Waals surface area contributed by atoms with Crippen LogP contribution in [0.3, 0.4) is 0 Å². The molecule has 0 aliphatic carbocycles. The van der Waals surface area contributed by atoms with Crippen LogP contribution in [-0.4, -0.2) is 70.9 Å². The van der Waals surface area contributed by atoms with Gasteiger partial charge in [-0.2, -0.15) is 0 Å². The van der Waals surface area contributed by atoms with E-state index >= 15 is 0 Å². The Morgan fingerprint density at radius 1 is 1.17 bits per heavy atom. The van der Waals surface area contributed by atoms with Gasteiger partial charge in [-0.1, -0.05) is 24.3 Å². The van der Waals surface area contributed by atoms with Crippen LogP contribution in [0.15, 0.2) is 48.0 Å². The van der Waals surface area contributed by atoms with E-state index in [0.29, 0.717) is 37.3 Å². The molecule has 10 heteroatoms. The van der Waals surface area contributed by atoms with Crippen molar-refractivity contribution in [1.29, 1.82) is 0 Å². The Bertz CT molecular complexity index is 1190. The van der Waals surface area contributed by atoms with Gasteiger partial charge in [0.05, 0.1) is 29.8 Å². The number of benzene rings is 2. The number of nitro benzene ring substituents is 1. The third-order valence-electron chi connectivity index (χ3n) is 6.36. The lowest BCUT2D eigenvalue weighted by molar-refractivity contribution is -0.384. The minimum atomic E-state index is -1.04. The average Bonchev–Trinajstić information content (AvgIpc) is 3.11. The number of halogens is 1. The normalized spacial score (nSPS) is 20.4. The summed E-state index contributed by atoms with van der Waals surface area (Å²) in [5.74, 6) is -2.81. The van der Waals surface area contributed by atoms with Crippen LogP contribution in [0.5, 0.6) is 0 Å². The quantitative estimate of drug-likeness (QED) is 0.212. The summed E-state index contributed by atoms with van der Waals surface area (Å²) < 4.78 is 19.5. The van der Waals surface area contributed by atoms with Crippen LogP contribution >= 0.6 is 0 Å². The molecule has 9 nitrogen and oxygen atoms in total. The lowest BCUT2D eigenvalue weighted by Gasteiger charge is -2.29. The SMILES string of the molecule is Cc1ccc(/C(O)=C2/C(=O)C(=O)N(CCCN3CCOCC3)C2c2cccc([N+](=O)[O-])c2)cc1F. The Hall–Kier alpha value is -3.63. The number of carbonyl (C=O) groups is 2. The summed E-state index contributed by atoms with van der Waals surface area (Å²) in [4.78, 5) is 40.5. The molecule has 2 heterocycles. The number of morpholine rings is 1. The number of ether oxygens (including phenoxy) is 1. The molecular weight excluding hydrogens is 457 g/mol. The van der Waals surface area contributed by atoms with E-state index in [2.05, 4.69) is 4.90 Å². The van der Waals surface area contributed by atoms with Crippen molar-refractivity contribution in [2.24, 2.45) is 0 Å². The fraction of sp³-hybridized carbons (Fsp3) is 0.360. The lowest BCUT2D eigenvalue weighted by atomic mass is 9.94. The first kappa shape index (κ1) is 24.5. The number of aliphatic hydroxyl groups is 1. The number of hydrogen-bond donors (Lipinski definition) is 1. The van der Waals surface area contributed by atoms with Gasteiger partial charge in [0, 0.05) is 43.9 Å². The van der Waals surface area contributed by atoms with Crippen molar-refractivity contribution in [3.8, 4) is 0 Å². The molecule has 184 valence electrons. The number of hydrogen-bond acceptors (Lipinski definition) is 7. The molecular formula is C25H26FN3O6. The zero-order valence-corrected chi connectivity index (χ0v) is 19.3. The Kier molecular flexibility index (Phi) is 7.23. The molecule has 4 rings (SSSR count). The number of aryl methyl sites for hydroxylation is 1. The number of nitro groups is 1. The number of Topliss-reactive ketones (excluding diaryl/α,β-unsaturated/α-hetero) is 1. The molecule has 1 atom stereocenters. The van der Waals surface area contributed by atoms with Crippen molar-refractivity contribution in [2.75, 3.05) is 39.4 Å². The van der Waals surface area contributed by atoms with Gasteiger partial charge in [-0.25, -0.2) is 4.39 Å². The van der Waals surface area contributed by atoms with Crippen molar-refractivity contribution in [1.82, 2.24) is 9.80 Å². The minimum absolute atomic E-state index is 0.0508. The minimum Gasteiger partial charge on any atom is -0.507 e. The maximum atomic E-state index is 14.2. The fourth-order valence-corrected chi connectivity index (χ4v) is 4.45. The molecule has 0 radical (unpaired) electrons. The Morgan fingerprint density at radius 3 is 2.60 bits per heavy atom. The molecule has 2 aliphatic rings. The second-order valence-corrected chi connectivity index (χ2v) is 8.62. The second kappa shape index (κ2) is 10.3. The van der Waals surface area contributed by atoms with E-state index in [1.54, 1.807) is 13.0 Å². The van der Waals surface area contributed by atoms with Crippen molar-refractivity contribution >= 4 is 23.1 Å². The summed E-state index contributed by atoms with van der Waals surface area (Å²) in [6.07, 6.45) is 0.553. The van der Waals surface area contributed by atoms with Gasteiger partial charge >= 0.3 is 0 Å². The summed E-state index contributed by atoms with van der Waals surface area (Å²) in [5.41, 5.74) is 0.307. The van der Waals surface area contributed by atoms with E-state index in [1.807, 2.05) is 0 Å². The third kappa shape index (κ3) is 5.08. The molecule has 0 saturated carbocycles. The van der Waals surface area contributed by atoms with Gasteiger partial charge in [-0.3, -0.25) is 24.6 Å². The van der Waals surface area contributed by atoms with Crippen molar-refractivity contribution in [3.63, 3.8) is 0 Å². The van der Waals surface area contributed by atoms with E-state index < -0.39 is 34.2 Å². The largest absolute Gasteiger partial charge is 0.507 e. The summed E-state index contributed by atoms with van der Waals surface area (Å²) in [6.45, 7) is 5.25. The smallest absolute Gasteiger partial charge is 0.295 e. The highest BCUT2D eigenvalue weighted by atomic mass is 19.1. The predicted molar refractivity (Wildman–Crippen MR) is 125 cm³/mol. The maximum Gasteiger partial charge on any atom is 0.295 e. The number of amides is 1. The Balaban J connectivity index is 1.73. The van der Waals surface area contributed by atoms with Crippen LogP contribution in [0.2, 0.25) is 0 Å². The molecule has 2 fully saturated rings. The summed E-state index contributed by atoms with van der Waals surface area (Å²) in [6, 6.07) is 8.62. The molecule has 0 spiro atoms. The van der Waals surface area contributed by atoms with Crippen LogP contribution in [0.1, 0.15) is 29.2 Å². The summed E-state index contributed by atoms with van der Waals surface area (Å²) in [7, 11) is 0. The molecule has 2 aromatic rings. The molecule has 1 amide bonds. The van der Waals surface area contributed by atoms with Gasteiger partial charge in [0.15, 0.2) is 0 Å². The number of ketones is 1.